The lowest BCUT2D eigenvalue weighted by molar-refractivity contribution is -0.137. The molecule has 0 aliphatic rings. The number of benzene rings is 10. The summed E-state index contributed by atoms with van der Waals surface area (Å²) in [6.45, 7) is 4.57. The van der Waals surface area contributed by atoms with Crippen molar-refractivity contribution in [2.75, 3.05) is 51.6 Å². The molecule has 6 heterocycles. The molecule has 33 heteroatoms. The lowest BCUT2D eigenvalue weighted by atomic mass is 10.2. The largest absolute Gasteiger partial charge is 0.493 e. The fourth-order valence-corrected chi connectivity index (χ4v) is 16.2. The second kappa shape index (κ2) is 52.0. The van der Waals surface area contributed by atoms with Crippen LogP contribution in [-0.4, -0.2) is 126 Å². The number of thioether (sulfide) groups is 2. The molecule has 0 atom stereocenters. The summed E-state index contributed by atoms with van der Waals surface area (Å²) in [6.07, 6.45) is 13.7. The topological polar surface area (TPSA) is 407 Å². The number of carboxylic acids is 1. The Labute approximate surface area is 788 Å². The second-order valence-electron chi connectivity index (χ2n) is 29.1. The summed E-state index contributed by atoms with van der Waals surface area (Å²) in [7, 11) is -6.13. The molecule has 6 N–H and O–H groups in total. The minimum atomic E-state index is -3.72. The first-order valence-corrected chi connectivity index (χ1v) is 47.4. The van der Waals surface area contributed by atoms with Crippen molar-refractivity contribution in [3.05, 3.63) is 377 Å². The van der Waals surface area contributed by atoms with Crippen molar-refractivity contribution < 1.29 is 82.0 Å². The maximum Gasteiger partial charge on any atom is 0.320 e. The molecule has 0 aliphatic heterocycles. The van der Waals surface area contributed by atoms with E-state index in [1.165, 1.54) is 29.1 Å². The fourth-order valence-electron chi connectivity index (χ4n) is 12.4. The van der Waals surface area contributed by atoms with Gasteiger partial charge >= 0.3 is 11.9 Å². The maximum atomic E-state index is 12.3. The number of aryl methyl sites for hydroxylation is 1. The molecule has 133 heavy (non-hydrogen) atoms. The molecule has 0 bridgehead atoms. The number of hydrogen-bond acceptors (Lipinski definition) is 26. The Balaban J connectivity index is 0.000000160. The molecule has 0 saturated heterocycles. The first-order chi connectivity index (χ1) is 64.2. The number of ether oxygens (including phenoxy) is 6. The van der Waals surface area contributed by atoms with Crippen molar-refractivity contribution in [2.45, 2.75) is 73.4 Å². The lowest BCUT2D eigenvalue weighted by Gasteiger charge is -2.07. The van der Waals surface area contributed by atoms with E-state index >= 15 is 0 Å². The minimum Gasteiger partial charge on any atom is -0.493 e. The molecule has 0 saturated carbocycles. The van der Waals surface area contributed by atoms with Gasteiger partial charge in [0, 0.05) is 77.6 Å². The second-order valence-corrected chi connectivity index (χ2v) is 35.2. The van der Waals surface area contributed by atoms with Gasteiger partial charge in [0.2, 0.25) is 29.5 Å². The summed E-state index contributed by atoms with van der Waals surface area (Å²) in [4.78, 5) is 55.3. The quantitative estimate of drug-likeness (QED) is 0.0136. The Bertz CT molecular complexity index is 6490. The first-order valence-electron chi connectivity index (χ1n) is 41.8. The van der Waals surface area contributed by atoms with Gasteiger partial charge in [-0.1, -0.05) is 170 Å². The van der Waals surface area contributed by atoms with E-state index in [-0.39, 0.29) is 44.3 Å². The molecule has 16 rings (SSSR count). The van der Waals surface area contributed by atoms with E-state index in [4.69, 9.17) is 62.0 Å². The highest BCUT2D eigenvalue weighted by Crippen LogP contribution is 2.28. The standard InChI is InChI=1S/C21H19N3O5S.C21H21NO6S.C20H19NO4S.C19H19N3O2S.C19H19NO2.BrH/c25-20-19(12-22-24-20)30(26,27)14-15-6-8-18(9-7-15)28-11-10-17-13-29-21(23-17)16-4-2-1-3-5-16;1-26-20(23)15-29(24,25)14-16-7-9-19(10-8-16)27-12-11-18-13-28-21(22-18)17-5-3-2-4-6-17;22-19(23)14-26-13-15-6-8-18(9-7-15)24-11-10-17-12-25-20(21-17)16-4-2-1-3-5-16;20-19(21)25-13-14-6-8-17(9-7-14)23-11-10-16-12-24-18(22-16)15-4-2-1-3-5-15;1-2-15-8-10-18(11-9-15)21-13-12-17-14-22-19(20-17)16-6-4-3-5-7-16;/h1-9,12-13H,10-11,14H2,(H2,22,24,25);2-10,13H,11-12,14-15H2,1H3;1-9,12H,10-11,13-14H2,(H,22,23);1-9,12H,10-11,13H2,(H3,20,21);3-11,14H,2,12-13H2,1H3;1H. The summed E-state index contributed by atoms with van der Waals surface area (Å²) in [5.74, 6) is 5.52. The molecule has 0 fully saturated rings. The zero-order valence-corrected chi connectivity index (χ0v) is 77.6. The zero-order chi connectivity index (χ0) is 92.5. The highest BCUT2D eigenvalue weighted by Gasteiger charge is 2.22. The predicted octanol–water partition coefficient (Wildman–Crippen LogP) is 19.5. The molecule has 0 amide bonds. The SMILES string of the molecule is Br.CCc1ccc(OCCc2coc(-c3ccccc3)n2)cc1.COC(=O)CS(=O)(=O)Cc1ccc(OCCc2coc(-c3ccccc3)n2)cc1.N=C(N)SCc1ccc(OCCc2coc(-c3ccccc3)n2)cc1.O=C(O)CSCc1ccc(OCCc2coc(-c3ccccc3)n2)cc1.O=c1[nH][nH]cc1S(=O)(=O)Cc1ccc(OCCc2coc(-c3ccccc3)n2)cc1. The Hall–Kier alpha value is -14.3. The first kappa shape index (κ1) is 99.3. The van der Waals surface area contributed by atoms with Crippen LogP contribution < -0.4 is 35.0 Å². The molecule has 6 aromatic heterocycles. The van der Waals surface area contributed by atoms with Crippen LogP contribution in [0, 0.1) is 5.41 Å². The van der Waals surface area contributed by atoms with Crippen LogP contribution in [-0.2, 0) is 95.5 Å². The normalized spacial score (nSPS) is 10.8. The van der Waals surface area contributed by atoms with Crippen molar-refractivity contribution in [1.29, 1.82) is 5.41 Å². The number of amidine groups is 1. The van der Waals surface area contributed by atoms with Gasteiger partial charge in [-0.15, -0.1) is 28.7 Å². The van der Waals surface area contributed by atoms with Gasteiger partial charge in [-0.2, -0.15) is 0 Å². The van der Waals surface area contributed by atoms with Gasteiger partial charge in [0.05, 0.1) is 85.9 Å². The molecule has 10 aromatic carbocycles. The number of esters is 1. The summed E-state index contributed by atoms with van der Waals surface area (Å²) in [5, 5.41) is 20.6. The number of nitrogens with zero attached hydrogens (tertiary/aromatic N) is 5. The van der Waals surface area contributed by atoms with E-state index in [2.05, 4.69) is 58.9 Å². The number of oxazole rings is 5. The smallest absolute Gasteiger partial charge is 0.320 e. The van der Waals surface area contributed by atoms with Crippen molar-refractivity contribution in [2.24, 2.45) is 5.73 Å². The number of carbonyl (C=O) groups is 2. The van der Waals surface area contributed by atoms with Crippen LogP contribution in [0.25, 0.3) is 57.3 Å². The van der Waals surface area contributed by atoms with E-state index in [9.17, 15) is 31.2 Å². The number of nitrogens with one attached hydrogen (secondary N) is 3. The van der Waals surface area contributed by atoms with Gasteiger partial charge in [-0.25, -0.2) is 41.8 Å². The van der Waals surface area contributed by atoms with Crippen molar-refractivity contribution >= 4 is 77.3 Å². The van der Waals surface area contributed by atoms with Gasteiger partial charge in [0.1, 0.15) is 65.8 Å². The number of nitrogens with two attached hydrogens (primary N) is 1. The van der Waals surface area contributed by atoms with Crippen LogP contribution in [0.4, 0.5) is 0 Å². The van der Waals surface area contributed by atoms with E-state index < -0.39 is 42.9 Å². The molecule has 688 valence electrons. The van der Waals surface area contributed by atoms with Crippen LogP contribution in [0.5, 0.6) is 28.7 Å². The van der Waals surface area contributed by atoms with Gasteiger partial charge < -0.3 is 66.4 Å². The Morgan fingerprint density at radius 3 is 0.970 bits per heavy atom. The molecule has 0 radical (unpaired) electrons. The Morgan fingerprint density at radius 1 is 0.414 bits per heavy atom. The highest BCUT2D eigenvalue weighted by molar-refractivity contribution is 8.93. The number of carbonyl (C=O) groups excluding carboxylic acids is 1. The van der Waals surface area contributed by atoms with Gasteiger partial charge in [-0.3, -0.25) is 24.9 Å². The average Bonchev–Trinajstić information content (AvgIpc) is 1.73. The molecule has 0 aliphatic carbocycles. The number of aromatic amines is 2. The van der Waals surface area contributed by atoms with Crippen LogP contribution in [0.15, 0.2) is 342 Å². The average molecular weight is 1940 g/mol. The van der Waals surface area contributed by atoms with Gasteiger partial charge in [0.15, 0.2) is 29.7 Å². The fraction of sp³-hybridized carbons (Fsp3) is 0.190. The van der Waals surface area contributed by atoms with Gasteiger partial charge in [0.25, 0.3) is 5.56 Å². The number of methoxy groups -OCH3 is 1. The minimum absolute atomic E-state index is 0. The highest BCUT2D eigenvalue weighted by atomic mass is 79.9. The number of H-pyrrole nitrogens is 2. The van der Waals surface area contributed by atoms with Crippen LogP contribution in [0.2, 0.25) is 0 Å². The summed E-state index contributed by atoms with van der Waals surface area (Å²) < 4.78 is 109. The van der Waals surface area contributed by atoms with Crippen molar-refractivity contribution in [1.82, 2.24) is 35.1 Å². The van der Waals surface area contributed by atoms with Crippen LogP contribution in [0.3, 0.4) is 0 Å². The molecule has 16 aromatic rings. The number of hydrogen-bond donors (Lipinski definition) is 5. The number of rotatable bonds is 39. The Kier molecular flexibility index (Phi) is 38.8. The molecule has 0 unspecified atom stereocenters. The van der Waals surface area contributed by atoms with Gasteiger partial charge in [-0.05, 0) is 156 Å². The third-order valence-corrected chi connectivity index (χ3v) is 24.1. The number of halogens is 1. The molecule has 0 spiro atoms. The number of aromatic nitrogens is 7. The number of aliphatic carboxylic acids is 1. The predicted molar refractivity (Wildman–Crippen MR) is 516 cm³/mol. The Morgan fingerprint density at radius 2 is 0.699 bits per heavy atom. The van der Waals surface area contributed by atoms with Crippen LogP contribution in [0.1, 0.15) is 63.2 Å². The summed E-state index contributed by atoms with van der Waals surface area (Å²) >= 11 is 2.68. The van der Waals surface area contributed by atoms with Crippen molar-refractivity contribution in [3.63, 3.8) is 0 Å². The monoisotopic (exact) mass is 1940 g/mol. The zero-order valence-electron chi connectivity index (χ0n) is 72.6. The van der Waals surface area contributed by atoms with E-state index in [0.717, 1.165) is 111 Å². The number of carboxylic acid groups (broad SMARTS) is 1. The summed E-state index contributed by atoms with van der Waals surface area (Å²) in [6, 6.07) is 85.9. The van der Waals surface area contributed by atoms with Crippen LogP contribution >= 0.6 is 40.5 Å². The van der Waals surface area contributed by atoms with E-state index in [1.807, 2.05) is 212 Å². The third kappa shape index (κ3) is 33.6. The lowest BCUT2D eigenvalue weighted by Crippen LogP contribution is -2.18. The van der Waals surface area contributed by atoms with E-state index in [0.29, 0.717) is 122 Å². The number of sulfone groups is 2. The molecule has 28 nitrogen and oxygen atoms in total. The molecular formula is C100H98BrN9O19S4. The van der Waals surface area contributed by atoms with Crippen molar-refractivity contribution in [3.8, 4) is 86.0 Å². The maximum absolute atomic E-state index is 12.3. The molecular weight excluding hydrogens is 1840 g/mol. The summed E-state index contributed by atoms with van der Waals surface area (Å²) in [5.41, 5.74) is 18.3. The van der Waals surface area contributed by atoms with E-state index in [1.54, 1.807) is 79.8 Å². The third-order valence-electron chi connectivity index (χ3n) is 19.2.